The lowest BCUT2D eigenvalue weighted by Crippen LogP contribution is -2.04. The smallest absolute Gasteiger partial charge is 0.168 e. The van der Waals surface area contributed by atoms with Gasteiger partial charge in [0.25, 0.3) is 0 Å². The Morgan fingerprint density at radius 3 is 2.47 bits per heavy atom. The fourth-order valence-corrected chi connectivity index (χ4v) is 1.88. The molecule has 17 heavy (non-hydrogen) atoms. The average Bonchev–Trinajstić information content (AvgIpc) is 2.33. The first-order valence-electron chi connectivity index (χ1n) is 5.35. The average molecular weight is 337 g/mol. The molecule has 1 heterocycles. The van der Waals surface area contributed by atoms with Crippen molar-refractivity contribution in [3.63, 3.8) is 0 Å². The van der Waals surface area contributed by atoms with Gasteiger partial charge in [0.1, 0.15) is 0 Å². The van der Waals surface area contributed by atoms with Gasteiger partial charge in [-0.2, -0.15) is 0 Å². The Kier molecular flexibility index (Phi) is 3.89. The molecule has 0 aliphatic rings. The molecule has 2 aromatic rings. The van der Waals surface area contributed by atoms with Crippen molar-refractivity contribution in [2.45, 2.75) is 13.3 Å². The topological polar surface area (TPSA) is 30.0 Å². The molecular weight excluding hydrogens is 325 g/mol. The number of nitrogens with zero attached hydrogens (tertiary/aromatic N) is 1. The molecule has 0 unspecified atom stereocenters. The van der Waals surface area contributed by atoms with E-state index in [1.165, 1.54) is 3.57 Å². The van der Waals surface area contributed by atoms with Gasteiger partial charge in [-0.05, 0) is 59.3 Å². The highest BCUT2D eigenvalue weighted by molar-refractivity contribution is 14.1. The number of halogens is 1. The van der Waals surface area contributed by atoms with E-state index in [2.05, 4.69) is 27.6 Å². The fraction of sp³-hybridized carbons (Fsp3) is 0.143. The second-order valence-electron chi connectivity index (χ2n) is 3.91. The van der Waals surface area contributed by atoms with Crippen LogP contribution < -0.4 is 0 Å². The quantitative estimate of drug-likeness (QED) is 0.635. The lowest BCUT2D eigenvalue weighted by molar-refractivity contribution is 0.0992. The summed E-state index contributed by atoms with van der Waals surface area (Å²) in [6.07, 6.45) is 2.08. The van der Waals surface area contributed by atoms with Gasteiger partial charge in [0.15, 0.2) is 5.78 Å². The number of hydrogen-bond acceptors (Lipinski definition) is 2. The van der Waals surface area contributed by atoms with E-state index in [1.807, 2.05) is 43.3 Å². The minimum Gasteiger partial charge on any atom is -0.294 e. The summed E-state index contributed by atoms with van der Waals surface area (Å²) in [4.78, 5) is 16.1. The number of pyridine rings is 1. The molecule has 0 amide bonds. The van der Waals surface area contributed by atoms with Gasteiger partial charge < -0.3 is 0 Å². The van der Waals surface area contributed by atoms with Crippen LogP contribution in [0, 0.1) is 10.5 Å². The summed E-state index contributed by atoms with van der Waals surface area (Å²) >= 11 is 2.25. The van der Waals surface area contributed by atoms with Crippen LogP contribution in [0.3, 0.4) is 0 Å². The van der Waals surface area contributed by atoms with E-state index in [4.69, 9.17) is 0 Å². The zero-order chi connectivity index (χ0) is 12.3. The first-order chi connectivity index (χ1) is 8.15. The highest BCUT2D eigenvalue weighted by Gasteiger charge is 2.07. The molecule has 0 radical (unpaired) electrons. The first kappa shape index (κ1) is 12.2. The number of hydrogen-bond donors (Lipinski definition) is 0. The summed E-state index contributed by atoms with van der Waals surface area (Å²) in [6.45, 7) is 1.91. The summed E-state index contributed by atoms with van der Waals surface area (Å²) < 4.78 is 1.18. The summed E-state index contributed by atoms with van der Waals surface area (Å²) in [7, 11) is 0. The standard InChI is InChI=1S/C14H12INO/c1-10-2-5-12(9-16-10)14(17)8-11-3-6-13(15)7-4-11/h2-7,9H,8H2,1H3. The molecule has 0 fully saturated rings. The second kappa shape index (κ2) is 5.40. The molecule has 0 spiro atoms. The normalized spacial score (nSPS) is 10.2. The monoisotopic (exact) mass is 337 g/mol. The van der Waals surface area contributed by atoms with Gasteiger partial charge in [0.05, 0.1) is 0 Å². The van der Waals surface area contributed by atoms with Gasteiger partial charge in [-0.15, -0.1) is 0 Å². The highest BCUT2D eigenvalue weighted by Crippen LogP contribution is 2.10. The van der Waals surface area contributed by atoms with Gasteiger partial charge in [0, 0.05) is 27.4 Å². The van der Waals surface area contributed by atoms with Crippen LogP contribution in [0.4, 0.5) is 0 Å². The molecule has 2 nitrogen and oxygen atoms in total. The molecule has 0 atom stereocenters. The predicted molar refractivity (Wildman–Crippen MR) is 76.2 cm³/mol. The number of benzene rings is 1. The largest absolute Gasteiger partial charge is 0.294 e. The SMILES string of the molecule is Cc1ccc(C(=O)Cc2ccc(I)cc2)cn1. The van der Waals surface area contributed by atoms with E-state index in [9.17, 15) is 4.79 Å². The molecule has 1 aromatic heterocycles. The summed E-state index contributed by atoms with van der Waals surface area (Å²) in [5, 5.41) is 0. The predicted octanol–water partition coefficient (Wildman–Crippen LogP) is 3.42. The summed E-state index contributed by atoms with van der Waals surface area (Å²) in [5.41, 5.74) is 2.64. The third kappa shape index (κ3) is 3.36. The van der Waals surface area contributed by atoms with E-state index in [1.54, 1.807) is 6.20 Å². The van der Waals surface area contributed by atoms with Crippen molar-refractivity contribution in [3.05, 3.63) is 63.0 Å². The van der Waals surface area contributed by atoms with E-state index in [0.29, 0.717) is 12.0 Å². The van der Waals surface area contributed by atoms with Gasteiger partial charge >= 0.3 is 0 Å². The highest BCUT2D eigenvalue weighted by atomic mass is 127. The van der Waals surface area contributed by atoms with Crippen LogP contribution in [-0.2, 0) is 6.42 Å². The number of ketones is 1. The summed E-state index contributed by atoms with van der Waals surface area (Å²) in [6, 6.07) is 11.7. The van der Waals surface area contributed by atoms with Crippen molar-refractivity contribution in [2.75, 3.05) is 0 Å². The maximum atomic E-state index is 12.0. The Bertz CT molecular complexity index is 517. The lowest BCUT2D eigenvalue weighted by atomic mass is 10.0. The number of Topliss-reactive ketones (excluding diaryl/α,β-unsaturated/α-hetero) is 1. The Hall–Kier alpha value is -1.23. The molecule has 3 heteroatoms. The molecule has 86 valence electrons. The number of aryl methyl sites for hydroxylation is 1. The van der Waals surface area contributed by atoms with Crippen LogP contribution in [0.2, 0.25) is 0 Å². The molecule has 0 aliphatic heterocycles. The summed E-state index contributed by atoms with van der Waals surface area (Å²) in [5.74, 6) is 0.110. The van der Waals surface area contributed by atoms with Crippen LogP contribution in [0.5, 0.6) is 0 Å². The van der Waals surface area contributed by atoms with Crippen molar-refractivity contribution in [2.24, 2.45) is 0 Å². The molecular formula is C14H12INO. The molecule has 2 rings (SSSR count). The second-order valence-corrected chi connectivity index (χ2v) is 5.16. The van der Waals surface area contributed by atoms with Crippen molar-refractivity contribution < 1.29 is 4.79 Å². The Morgan fingerprint density at radius 2 is 1.88 bits per heavy atom. The Labute approximate surface area is 114 Å². The Balaban J connectivity index is 2.11. The van der Waals surface area contributed by atoms with E-state index < -0.39 is 0 Å². The molecule has 0 bridgehead atoms. The Morgan fingerprint density at radius 1 is 1.18 bits per heavy atom. The number of carbonyl (C=O) groups is 1. The molecule has 0 saturated heterocycles. The van der Waals surface area contributed by atoms with Gasteiger partial charge in [-0.3, -0.25) is 9.78 Å². The van der Waals surface area contributed by atoms with Gasteiger partial charge in [0.2, 0.25) is 0 Å². The third-order valence-corrected chi connectivity index (χ3v) is 3.23. The maximum absolute atomic E-state index is 12.0. The molecule has 0 saturated carbocycles. The van der Waals surface area contributed by atoms with Crippen molar-refractivity contribution in [3.8, 4) is 0 Å². The fourth-order valence-electron chi connectivity index (χ4n) is 1.52. The number of carbonyl (C=O) groups excluding carboxylic acids is 1. The zero-order valence-corrected chi connectivity index (χ0v) is 11.6. The van der Waals surface area contributed by atoms with Crippen LogP contribution in [-0.4, -0.2) is 10.8 Å². The van der Waals surface area contributed by atoms with Crippen LogP contribution in [0.25, 0.3) is 0 Å². The third-order valence-electron chi connectivity index (χ3n) is 2.51. The number of aromatic nitrogens is 1. The van der Waals surface area contributed by atoms with E-state index >= 15 is 0 Å². The van der Waals surface area contributed by atoms with Crippen molar-refractivity contribution >= 4 is 28.4 Å². The zero-order valence-electron chi connectivity index (χ0n) is 9.48. The van der Waals surface area contributed by atoms with E-state index in [0.717, 1.165) is 11.3 Å². The maximum Gasteiger partial charge on any atom is 0.168 e. The van der Waals surface area contributed by atoms with Crippen LogP contribution in [0.1, 0.15) is 21.6 Å². The van der Waals surface area contributed by atoms with Crippen molar-refractivity contribution in [1.82, 2.24) is 4.98 Å². The number of rotatable bonds is 3. The molecule has 1 aromatic carbocycles. The minimum atomic E-state index is 0.110. The first-order valence-corrected chi connectivity index (χ1v) is 6.43. The van der Waals surface area contributed by atoms with Crippen molar-refractivity contribution in [1.29, 1.82) is 0 Å². The van der Waals surface area contributed by atoms with Crippen LogP contribution in [0.15, 0.2) is 42.6 Å². The molecule has 0 aliphatic carbocycles. The molecule has 0 N–H and O–H groups in total. The van der Waals surface area contributed by atoms with E-state index in [-0.39, 0.29) is 5.78 Å². The van der Waals surface area contributed by atoms with Gasteiger partial charge in [-0.25, -0.2) is 0 Å². The minimum absolute atomic E-state index is 0.110. The van der Waals surface area contributed by atoms with Gasteiger partial charge in [-0.1, -0.05) is 12.1 Å². The lowest BCUT2D eigenvalue weighted by Gasteiger charge is -2.02. The van der Waals surface area contributed by atoms with Crippen LogP contribution >= 0.6 is 22.6 Å².